The zero-order valence-electron chi connectivity index (χ0n) is 46.0. The summed E-state index contributed by atoms with van der Waals surface area (Å²) in [7, 11) is 3.76. The van der Waals surface area contributed by atoms with Crippen molar-refractivity contribution >= 4 is 17.9 Å². The number of rotatable bonds is 55. The summed E-state index contributed by atoms with van der Waals surface area (Å²) in [5.74, 6) is -0.724. The van der Waals surface area contributed by atoms with Crippen LogP contribution in [0.4, 0.5) is 0 Å². The van der Waals surface area contributed by atoms with Crippen LogP contribution in [-0.2, 0) is 28.6 Å². The molecule has 0 rings (SSSR count). The Balaban J connectivity index is 4.64. The van der Waals surface area contributed by atoms with Crippen LogP contribution in [0.3, 0.4) is 0 Å². The molecule has 0 fully saturated rings. The molecule has 398 valence electrons. The molecule has 7 heteroatoms. The predicted octanol–water partition coefficient (Wildman–Crippen LogP) is 18.7. The fourth-order valence-electron chi connectivity index (χ4n) is 9.30. The highest BCUT2D eigenvalue weighted by molar-refractivity contribution is 5.70. The van der Waals surface area contributed by atoms with E-state index in [2.05, 4.69) is 20.8 Å². The monoisotopic (exact) mass is 948 g/mol. The third-order valence-corrected chi connectivity index (χ3v) is 14.4. The van der Waals surface area contributed by atoms with Crippen LogP contribution in [0.5, 0.6) is 0 Å². The summed E-state index contributed by atoms with van der Waals surface area (Å²) in [4.78, 5) is 40.9. The lowest BCUT2D eigenvalue weighted by Crippen LogP contribution is -2.56. The van der Waals surface area contributed by atoms with Crippen molar-refractivity contribution in [3.63, 3.8) is 0 Å². The Morgan fingerprint density at radius 1 is 0.269 bits per heavy atom. The average Bonchev–Trinajstić information content (AvgIpc) is 3.32. The fourth-order valence-corrected chi connectivity index (χ4v) is 9.30. The standard InChI is InChI=1S/C60H117NO6/c1-6-9-12-15-18-21-24-27-30-33-36-39-42-45-48-51-57(62)65-54-60(61(4)5,55-66-58(63)52-49-46-43-40-37-34-31-28-25-22-19-16-13-10-7-2)56-67-59(64)53-50-47-44-41-38-35-32-29-26-23-20-17-14-11-8-3/h6-56H2,1-5H3. The van der Waals surface area contributed by atoms with Gasteiger partial charge < -0.3 is 14.2 Å². The number of unbranched alkanes of at least 4 members (excludes halogenated alkanes) is 42. The van der Waals surface area contributed by atoms with E-state index >= 15 is 0 Å². The molecule has 0 aliphatic heterocycles. The Hall–Kier alpha value is -1.63. The van der Waals surface area contributed by atoms with Gasteiger partial charge in [-0.2, -0.15) is 0 Å². The van der Waals surface area contributed by atoms with E-state index in [0.29, 0.717) is 19.3 Å². The number of ether oxygens (including phenoxy) is 3. The van der Waals surface area contributed by atoms with Crippen molar-refractivity contribution in [1.29, 1.82) is 0 Å². The minimum absolute atomic E-state index is 0.00997. The van der Waals surface area contributed by atoms with Crippen LogP contribution in [0.1, 0.15) is 329 Å². The zero-order valence-corrected chi connectivity index (χ0v) is 46.0. The highest BCUT2D eigenvalue weighted by atomic mass is 16.6. The normalized spacial score (nSPS) is 11.7. The lowest BCUT2D eigenvalue weighted by Gasteiger charge is -2.38. The highest BCUT2D eigenvalue weighted by Gasteiger charge is 2.38. The second-order valence-electron chi connectivity index (χ2n) is 21.2. The number of carbonyl (C=O) groups excluding carboxylic acids is 3. The maximum Gasteiger partial charge on any atom is 0.305 e. The summed E-state index contributed by atoms with van der Waals surface area (Å²) < 4.78 is 17.6. The molecular formula is C60H117NO6. The van der Waals surface area contributed by atoms with Gasteiger partial charge in [0.15, 0.2) is 0 Å². The van der Waals surface area contributed by atoms with E-state index in [1.54, 1.807) is 0 Å². The van der Waals surface area contributed by atoms with Crippen LogP contribution in [0, 0.1) is 0 Å². The molecule has 0 aliphatic carbocycles. The number of hydrogen-bond donors (Lipinski definition) is 0. The molecule has 0 N–H and O–H groups in total. The maximum absolute atomic E-state index is 13.0. The van der Waals surface area contributed by atoms with Crippen LogP contribution < -0.4 is 0 Å². The van der Waals surface area contributed by atoms with Gasteiger partial charge in [0.2, 0.25) is 0 Å². The molecule has 7 nitrogen and oxygen atoms in total. The molecule has 0 aromatic heterocycles. The number of hydrogen-bond acceptors (Lipinski definition) is 7. The van der Waals surface area contributed by atoms with E-state index in [0.717, 1.165) is 57.8 Å². The molecule has 0 aliphatic rings. The molecule has 0 amide bonds. The van der Waals surface area contributed by atoms with E-state index < -0.39 is 5.54 Å². The smallest absolute Gasteiger partial charge is 0.305 e. The fraction of sp³-hybridized carbons (Fsp3) is 0.950. The van der Waals surface area contributed by atoms with Gasteiger partial charge in [-0.3, -0.25) is 19.3 Å². The Labute approximate surface area is 418 Å². The Morgan fingerprint density at radius 2 is 0.418 bits per heavy atom. The summed E-state index contributed by atoms with van der Waals surface area (Å²) in [6.07, 6.45) is 58.8. The third kappa shape index (κ3) is 46.5. The van der Waals surface area contributed by atoms with Gasteiger partial charge in [0.1, 0.15) is 25.4 Å². The van der Waals surface area contributed by atoms with Gasteiger partial charge in [-0.05, 0) is 33.4 Å². The maximum atomic E-state index is 13.0. The summed E-state index contributed by atoms with van der Waals surface area (Å²) in [5.41, 5.74) is -0.944. The number of carbonyl (C=O) groups is 3. The lowest BCUT2D eigenvalue weighted by molar-refractivity contribution is -0.163. The number of likely N-dealkylation sites (N-methyl/N-ethyl adjacent to an activating group) is 1. The van der Waals surface area contributed by atoms with E-state index in [-0.39, 0.29) is 37.7 Å². The molecule has 0 aromatic rings. The SMILES string of the molecule is CCCCCCCCCCCCCCCCCC(=O)OCC(COC(=O)CCCCCCCCCCCCCCCCC)(COC(=O)CCCCCCCCCCCCCCCCC)N(C)C. The van der Waals surface area contributed by atoms with Crippen molar-refractivity contribution in [2.75, 3.05) is 33.9 Å². The van der Waals surface area contributed by atoms with Crippen molar-refractivity contribution in [2.45, 2.75) is 335 Å². The minimum Gasteiger partial charge on any atom is -0.463 e. The van der Waals surface area contributed by atoms with Crippen LogP contribution in [0.15, 0.2) is 0 Å². The minimum atomic E-state index is -0.944. The van der Waals surface area contributed by atoms with Crippen LogP contribution in [0.25, 0.3) is 0 Å². The molecule has 0 spiro atoms. The topological polar surface area (TPSA) is 82.1 Å². The van der Waals surface area contributed by atoms with Gasteiger partial charge in [-0.25, -0.2) is 0 Å². The van der Waals surface area contributed by atoms with Crippen molar-refractivity contribution in [3.05, 3.63) is 0 Å². The Kier molecular flexibility index (Phi) is 50.9. The average molecular weight is 949 g/mol. The van der Waals surface area contributed by atoms with Crippen molar-refractivity contribution in [1.82, 2.24) is 4.90 Å². The molecule has 0 aromatic carbocycles. The lowest BCUT2D eigenvalue weighted by atomic mass is 10.0. The van der Waals surface area contributed by atoms with Crippen LogP contribution >= 0.6 is 0 Å². The molecule has 67 heavy (non-hydrogen) atoms. The molecular weight excluding hydrogens is 831 g/mol. The van der Waals surface area contributed by atoms with Gasteiger partial charge in [-0.15, -0.1) is 0 Å². The van der Waals surface area contributed by atoms with Gasteiger partial charge in [0.25, 0.3) is 0 Å². The summed E-state index contributed by atoms with van der Waals surface area (Å²) in [5, 5.41) is 0. The Morgan fingerprint density at radius 3 is 0.567 bits per heavy atom. The summed E-state index contributed by atoms with van der Waals surface area (Å²) in [6.45, 7) is 6.86. The highest BCUT2D eigenvalue weighted by Crippen LogP contribution is 2.21. The van der Waals surface area contributed by atoms with Crippen LogP contribution in [0.2, 0.25) is 0 Å². The molecule has 0 atom stereocenters. The first kappa shape index (κ1) is 65.4. The van der Waals surface area contributed by atoms with Gasteiger partial charge in [-0.1, -0.05) is 290 Å². The second-order valence-corrected chi connectivity index (χ2v) is 21.2. The zero-order chi connectivity index (χ0) is 49.0. The van der Waals surface area contributed by atoms with Crippen LogP contribution in [-0.4, -0.2) is 62.3 Å². The first-order valence-electron chi connectivity index (χ1n) is 30.0. The first-order valence-corrected chi connectivity index (χ1v) is 30.0. The predicted molar refractivity (Wildman–Crippen MR) is 288 cm³/mol. The van der Waals surface area contributed by atoms with Crippen molar-refractivity contribution in [2.24, 2.45) is 0 Å². The molecule has 0 bridgehead atoms. The van der Waals surface area contributed by atoms with E-state index in [1.807, 2.05) is 19.0 Å². The van der Waals surface area contributed by atoms with Crippen molar-refractivity contribution in [3.8, 4) is 0 Å². The number of esters is 3. The van der Waals surface area contributed by atoms with Crippen molar-refractivity contribution < 1.29 is 28.6 Å². The third-order valence-electron chi connectivity index (χ3n) is 14.4. The van der Waals surface area contributed by atoms with Gasteiger partial charge in [0, 0.05) is 19.3 Å². The summed E-state index contributed by atoms with van der Waals surface area (Å²) in [6, 6.07) is 0. The molecule has 0 heterocycles. The first-order chi connectivity index (χ1) is 32.8. The molecule has 0 saturated heterocycles. The Bertz CT molecular complexity index is 926. The second kappa shape index (κ2) is 52.2. The van der Waals surface area contributed by atoms with Gasteiger partial charge >= 0.3 is 17.9 Å². The van der Waals surface area contributed by atoms with E-state index in [4.69, 9.17) is 14.2 Å². The largest absolute Gasteiger partial charge is 0.463 e. The quantitative estimate of drug-likeness (QED) is 0.0341. The molecule has 0 saturated carbocycles. The molecule has 0 unspecified atom stereocenters. The van der Waals surface area contributed by atoms with E-state index in [1.165, 1.54) is 231 Å². The van der Waals surface area contributed by atoms with Gasteiger partial charge in [0.05, 0.1) is 0 Å². The number of nitrogens with zero attached hydrogens (tertiary/aromatic N) is 1. The summed E-state index contributed by atoms with van der Waals surface area (Å²) >= 11 is 0. The van der Waals surface area contributed by atoms with E-state index in [9.17, 15) is 14.4 Å². The molecule has 0 radical (unpaired) electrons.